The summed E-state index contributed by atoms with van der Waals surface area (Å²) in [5.41, 5.74) is 5.51. The summed E-state index contributed by atoms with van der Waals surface area (Å²) in [4.78, 5) is 35.9. The number of esters is 1. The van der Waals surface area contributed by atoms with Gasteiger partial charge in [0.25, 0.3) is 0 Å². The molecule has 0 spiro atoms. The van der Waals surface area contributed by atoms with Gasteiger partial charge in [-0.1, -0.05) is 26.8 Å². The number of rotatable bonds is 4. The first-order chi connectivity index (χ1) is 12.7. The van der Waals surface area contributed by atoms with Crippen molar-refractivity contribution >= 4 is 29.2 Å². The second-order valence-corrected chi connectivity index (χ2v) is 7.96. The third kappa shape index (κ3) is 3.46. The molecule has 1 aliphatic heterocycles. The van der Waals surface area contributed by atoms with Crippen molar-refractivity contribution in [1.82, 2.24) is 5.43 Å². The van der Waals surface area contributed by atoms with E-state index in [1.54, 1.807) is 0 Å². The van der Waals surface area contributed by atoms with E-state index in [-0.39, 0.29) is 23.7 Å². The van der Waals surface area contributed by atoms with Crippen LogP contribution in [0.5, 0.6) is 0 Å². The Balaban J connectivity index is 1.74. The topological polar surface area (TPSA) is 96.9 Å². The van der Waals surface area contributed by atoms with Crippen molar-refractivity contribution in [2.24, 2.45) is 28.3 Å². The summed E-state index contributed by atoms with van der Waals surface area (Å²) in [7, 11) is 1.34. The van der Waals surface area contributed by atoms with E-state index in [1.807, 2.05) is 45.9 Å². The molecule has 1 aromatic rings. The Kier molecular flexibility index (Phi) is 4.80. The Labute approximate surface area is 158 Å². The molecule has 144 valence electrons. The highest BCUT2D eigenvalue weighted by Gasteiger charge is 2.66. The maximum Gasteiger partial charge on any atom is 0.310 e. The average molecular weight is 371 g/mol. The van der Waals surface area contributed by atoms with Crippen LogP contribution >= 0.6 is 0 Å². The van der Waals surface area contributed by atoms with E-state index in [9.17, 15) is 14.4 Å². The van der Waals surface area contributed by atoms with Crippen LogP contribution in [0.2, 0.25) is 0 Å². The minimum atomic E-state index is -0.413. The fraction of sp³-hybridized carbons (Fsp3) is 0.500. The lowest BCUT2D eigenvalue weighted by atomic mass is 9.91. The third-order valence-electron chi connectivity index (χ3n) is 5.59. The van der Waals surface area contributed by atoms with Crippen LogP contribution in [0.3, 0.4) is 0 Å². The molecule has 0 bridgehead atoms. The van der Waals surface area contributed by atoms with Crippen molar-refractivity contribution in [3.8, 4) is 0 Å². The molecule has 7 heteroatoms. The first-order valence-electron chi connectivity index (χ1n) is 9.03. The standard InChI is InChI=1S/C20H25N3O4/c1-10-8-12(6-7-13(10)17-11(2)9-14(24)22-23-17)21-18(25)15-16(19(26)27-5)20(15,3)4/h6-8,11,15-16H,9H2,1-5H3,(H,21,25)(H,22,24). The second-order valence-electron chi connectivity index (χ2n) is 7.96. The molecule has 27 heavy (non-hydrogen) atoms. The monoisotopic (exact) mass is 371 g/mol. The van der Waals surface area contributed by atoms with E-state index >= 15 is 0 Å². The van der Waals surface area contributed by atoms with E-state index < -0.39 is 17.3 Å². The molecule has 2 amide bonds. The number of ether oxygens (including phenoxy) is 1. The van der Waals surface area contributed by atoms with Crippen molar-refractivity contribution in [1.29, 1.82) is 0 Å². The first kappa shape index (κ1) is 19.1. The number of hydrogen-bond donors (Lipinski definition) is 2. The van der Waals surface area contributed by atoms with E-state index in [1.165, 1.54) is 7.11 Å². The number of methoxy groups -OCH3 is 1. The summed E-state index contributed by atoms with van der Waals surface area (Å²) in [5.74, 6) is -1.39. The van der Waals surface area contributed by atoms with Gasteiger partial charge in [-0.25, -0.2) is 5.43 Å². The highest BCUT2D eigenvalue weighted by molar-refractivity contribution is 6.07. The van der Waals surface area contributed by atoms with Gasteiger partial charge in [0, 0.05) is 23.6 Å². The van der Waals surface area contributed by atoms with E-state index in [0.29, 0.717) is 12.1 Å². The quantitative estimate of drug-likeness (QED) is 0.793. The lowest BCUT2D eigenvalue weighted by Gasteiger charge is -2.21. The van der Waals surface area contributed by atoms with Crippen LogP contribution in [0, 0.1) is 30.1 Å². The van der Waals surface area contributed by atoms with Crippen LogP contribution < -0.4 is 10.7 Å². The number of amides is 2. The predicted octanol–water partition coefficient (Wildman–Crippen LogP) is 2.24. The molecule has 1 aliphatic carbocycles. The van der Waals surface area contributed by atoms with Gasteiger partial charge in [-0.15, -0.1) is 0 Å². The van der Waals surface area contributed by atoms with Crippen LogP contribution in [0.1, 0.15) is 38.3 Å². The highest BCUT2D eigenvalue weighted by atomic mass is 16.5. The molecule has 1 saturated carbocycles. The summed E-state index contributed by atoms with van der Waals surface area (Å²) in [6.07, 6.45) is 0.405. The molecular formula is C20H25N3O4. The Morgan fingerprint density at radius 3 is 2.59 bits per heavy atom. The molecular weight excluding hydrogens is 346 g/mol. The average Bonchev–Trinajstić information content (AvgIpc) is 3.17. The smallest absolute Gasteiger partial charge is 0.310 e. The van der Waals surface area contributed by atoms with E-state index in [2.05, 4.69) is 15.8 Å². The summed E-state index contributed by atoms with van der Waals surface area (Å²) in [5, 5.41) is 7.09. The number of benzene rings is 1. The second kappa shape index (κ2) is 6.79. The molecule has 0 radical (unpaired) electrons. The van der Waals surface area contributed by atoms with Crippen LogP contribution in [-0.2, 0) is 19.1 Å². The summed E-state index contributed by atoms with van der Waals surface area (Å²) in [6.45, 7) is 7.69. The van der Waals surface area contributed by atoms with Crippen molar-refractivity contribution in [3.63, 3.8) is 0 Å². The Morgan fingerprint density at radius 1 is 1.30 bits per heavy atom. The van der Waals surface area contributed by atoms with Gasteiger partial charge in [-0.3, -0.25) is 14.4 Å². The van der Waals surface area contributed by atoms with Crippen LogP contribution in [0.15, 0.2) is 23.3 Å². The van der Waals surface area contributed by atoms with E-state index in [4.69, 9.17) is 4.74 Å². The minimum Gasteiger partial charge on any atom is -0.469 e. The number of hydrogen-bond acceptors (Lipinski definition) is 5. The lowest BCUT2D eigenvalue weighted by Crippen LogP contribution is -2.32. The van der Waals surface area contributed by atoms with E-state index in [0.717, 1.165) is 16.8 Å². The zero-order valence-electron chi connectivity index (χ0n) is 16.3. The Morgan fingerprint density at radius 2 is 2.00 bits per heavy atom. The fourth-order valence-electron chi connectivity index (χ4n) is 3.92. The number of aryl methyl sites for hydroxylation is 1. The number of anilines is 1. The molecule has 1 heterocycles. The molecule has 3 rings (SSSR count). The SMILES string of the molecule is COC(=O)C1C(C(=O)Nc2ccc(C3=NNC(=O)CC3C)c(C)c2)C1(C)C. The molecule has 3 unspecified atom stereocenters. The number of nitrogens with one attached hydrogen (secondary N) is 2. The van der Waals surface area contributed by atoms with Gasteiger partial charge in [-0.05, 0) is 30.0 Å². The van der Waals surface area contributed by atoms with Crippen molar-refractivity contribution in [2.45, 2.75) is 34.1 Å². The molecule has 1 fully saturated rings. The molecule has 7 nitrogen and oxygen atoms in total. The molecule has 2 N–H and O–H groups in total. The Hall–Kier alpha value is -2.70. The summed E-state index contributed by atoms with van der Waals surface area (Å²) >= 11 is 0. The maximum atomic E-state index is 12.6. The zero-order valence-corrected chi connectivity index (χ0v) is 16.3. The van der Waals surface area contributed by atoms with Gasteiger partial charge in [0.2, 0.25) is 11.8 Å². The van der Waals surface area contributed by atoms with Crippen molar-refractivity contribution in [3.05, 3.63) is 29.3 Å². The molecule has 2 aliphatic rings. The van der Waals surface area contributed by atoms with Gasteiger partial charge in [0.15, 0.2) is 0 Å². The largest absolute Gasteiger partial charge is 0.469 e. The van der Waals surface area contributed by atoms with Gasteiger partial charge in [-0.2, -0.15) is 5.10 Å². The highest BCUT2D eigenvalue weighted by Crippen LogP contribution is 2.59. The summed E-state index contributed by atoms with van der Waals surface area (Å²) < 4.78 is 4.80. The van der Waals surface area contributed by atoms with Gasteiger partial charge in [0.05, 0.1) is 24.7 Å². The molecule has 3 atom stereocenters. The Bertz CT molecular complexity index is 844. The third-order valence-corrected chi connectivity index (χ3v) is 5.59. The molecule has 0 saturated heterocycles. The van der Waals surface area contributed by atoms with Gasteiger partial charge < -0.3 is 10.1 Å². The maximum absolute atomic E-state index is 12.6. The van der Waals surface area contributed by atoms with Crippen LogP contribution in [-0.4, -0.2) is 30.6 Å². The van der Waals surface area contributed by atoms with Gasteiger partial charge >= 0.3 is 5.97 Å². The van der Waals surface area contributed by atoms with Crippen molar-refractivity contribution in [2.75, 3.05) is 12.4 Å². The number of nitrogens with zero attached hydrogens (tertiary/aromatic N) is 1. The van der Waals surface area contributed by atoms with Crippen molar-refractivity contribution < 1.29 is 19.1 Å². The summed E-state index contributed by atoms with van der Waals surface area (Å²) in [6, 6.07) is 5.59. The normalized spacial score (nSPS) is 25.9. The van der Waals surface area contributed by atoms with Gasteiger partial charge in [0.1, 0.15) is 0 Å². The van der Waals surface area contributed by atoms with Crippen LogP contribution in [0.4, 0.5) is 5.69 Å². The number of carbonyl (C=O) groups is 3. The van der Waals surface area contributed by atoms with Crippen LogP contribution in [0.25, 0.3) is 0 Å². The predicted molar refractivity (Wildman–Crippen MR) is 101 cm³/mol. The first-order valence-corrected chi connectivity index (χ1v) is 9.03. The molecule has 1 aromatic carbocycles. The number of hydrazone groups is 1. The number of carbonyl (C=O) groups excluding carboxylic acids is 3. The zero-order chi connectivity index (χ0) is 19.9. The fourth-order valence-corrected chi connectivity index (χ4v) is 3.92. The lowest BCUT2D eigenvalue weighted by molar-refractivity contribution is -0.143. The minimum absolute atomic E-state index is 0.0333. The molecule has 0 aromatic heterocycles.